The van der Waals surface area contributed by atoms with Crippen LogP contribution in [0.15, 0.2) is 4.99 Å². The first-order valence-electron chi connectivity index (χ1n) is 5.42. The minimum atomic E-state index is 0.570. The number of nitriles is 1. The van der Waals surface area contributed by atoms with Gasteiger partial charge in [0.1, 0.15) is 0 Å². The Kier molecular flexibility index (Phi) is 4.97. The van der Waals surface area contributed by atoms with Crippen LogP contribution >= 0.6 is 11.8 Å². The third kappa shape index (κ3) is 3.42. The SMILES string of the molecule is CSC(=NC#N)N(C)C1CCC(C)CC1. The molecular weight excluding hydrogens is 206 g/mol. The molecule has 1 rings (SSSR count). The summed E-state index contributed by atoms with van der Waals surface area (Å²) in [6.45, 7) is 2.31. The predicted octanol–water partition coefficient (Wildman–Crippen LogP) is 2.70. The van der Waals surface area contributed by atoms with E-state index in [1.54, 1.807) is 11.8 Å². The summed E-state index contributed by atoms with van der Waals surface area (Å²) in [5, 5.41) is 9.42. The number of thioether (sulfide) groups is 1. The van der Waals surface area contributed by atoms with Crippen LogP contribution in [0.5, 0.6) is 0 Å². The van der Waals surface area contributed by atoms with Crippen molar-refractivity contribution >= 4 is 16.9 Å². The van der Waals surface area contributed by atoms with Gasteiger partial charge >= 0.3 is 0 Å². The van der Waals surface area contributed by atoms with Gasteiger partial charge in [0.15, 0.2) is 5.17 Å². The highest BCUT2D eigenvalue weighted by molar-refractivity contribution is 8.13. The molecular formula is C11H19N3S. The number of amidine groups is 1. The van der Waals surface area contributed by atoms with Gasteiger partial charge in [-0.3, -0.25) is 0 Å². The van der Waals surface area contributed by atoms with E-state index in [4.69, 9.17) is 5.26 Å². The van der Waals surface area contributed by atoms with Crippen molar-refractivity contribution in [2.24, 2.45) is 10.9 Å². The molecule has 1 fully saturated rings. The normalized spacial score (nSPS) is 27.2. The van der Waals surface area contributed by atoms with Gasteiger partial charge in [0, 0.05) is 13.1 Å². The summed E-state index contributed by atoms with van der Waals surface area (Å²) >= 11 is 1.55. The second-order valence-corrected chi connectivity index (χ2v) is 5.00. The lowest BCUT2D eigenvalue weighted by Gasteiger charge is -2.34. The Morgan fingerprint density at radius 3 is 2.47 bits per heavy atom. The molecule has 0 aromatic carbocycles. The van der Waals surface area contributed by atoms with Crippen LogP contribution in [0.2, 0.25) is 0 Å². The van der Waals surface area contributed by atoms with Crippen LogP contribution in [0.3, 0.4) is 0 Å². The van der Waals surface area contributed by atoms with E-state index in [2.05, 4.69) is 16.8 Å². The molecule has 0 aliphatic heterocycles. The van der Waals surface area contributed by atoms with Gasteiger partial charge in [-0.05, 0) is 37.9 Å². The molecule has 4 heteroatoms. The van der Waals surface area contributed by atoms with Gasteiger partial charge in [0.25, 0.3) is 0 Å². The van der Waals surface area contributed by atoms with E-state index in [1.165, 1.54) is 25.7 Å². The van der Waals surface area contributed by atoms with Crippen LogP contribution in [-0.2, 0) is 0 Å². The molecule has 0 N–H and O–H groups in total. The van der Waals surface area contributed by atoms with Crippen LogP contribution < -0.4 is 0 Å². The molecule has 0 unspecified atom stereocenters. The van der Waals surface area contributed by atoms with Gasteiger partial charge in [-0.25, -0.2) is 0 Å². The average Bonchev–Trinajstić information content (AvgIpc) is 2.26. The Labute approximate surface area is 96.6 Å². The molecule has 0 radical (unpaired) electrons. The minimum absolute atomic E-state index is 0.570. The molecule has 1 aliphatic rings. The Bertz CT molecular complexity index is 261. The Morgan fingerprint density at radius 2 is 2.00 bits per heavy atom. The van der Waals surface area contributed by atoms with Crippen LogP contribution in [0.25, 0.3) is 0 Å². The monoisotopic (exact) mass is 225 g/mol. The molecule has 0 saturated heterocycles. The Morgan fingerprint density at radius 1 is 1.40 bits per heavy atom. The van der Waals surface area contributed by atoms with Crippen molar-refractivity contribution < 1.29 is 0 Å². The Hall–Kier alpha value is -0.690. The summed E-state index contributed by atoms with van der Waals surface area (Å²) in [4.78, 5) is 6.01. The fraction of sp³-hybridized carbons (Fsp3) is 0.818. The fourth-order valence-corrected chi connectivity index (χ4v) is 2.67. The maximum atomic E-state index is 8.58. The van der Waals surface area contributed by atoms with Crippen LogP contribution in [0.4, 0.5) is 0 Å². The molecule has 0 aromatic rings. The highest BCUT2D eigenvalue weighted by Gasteiger charge is 2.23. The standard InChI is InChI=1S/C11H19N3S/c1-9-4-6-10(7-5-9)14(2)11(15-3)13-8-12/h9-10H,4-7H2,1-3H3. The third-order valence-corrected chi connectivity index (χ3v) is 3.91. The molecule has 15 heavy (non-hydrogen) atoms. The van der Waals surface area contributed by atoms with Crippen molar-refractivity contribution in [2.45, 2.75) is 38.6 Å². The number of rotatable bonds is 1. The summed E-state index contributed by atoms with van der Waals surface area (Å²) in [5.41, 5.74) is 0. The van der Waals surface area contributed by atoms with E-state index in [0.29, 0.717) is 6.04 Å². The molecule has 3 nitrogen and oxygen atoms in total. The first kappa shape index (κ1) is 12.4. The molecule has 0 spiro atoms. The average molecular weight is 225 g/mol. The lowest BCUT2D eigenvalue weighted by atomic mass is 9.87. The third-order valence-electron chi connectivity index (χ3n) is 3.16. The van der Waals surface area contributed by atoms with Gasteiger partial charge in [0.05, 0.1) is 0 Å². The number of nitrogens with zero attached hydrogens (tertiary/aromatic N) is 3. The zero-order valence-corrected chi connectivity index (χ0v) is 10.5. The van der Waals surface area contributed by atoms with Crippen LogP contribution in [0.1, 0.15) is 32.6 Å². The number of aliphatic imine (C=N–C) groups is 1. The first-order chi connectivity index (χ1) is 7.19. The maximum absolute atomic E-state index is 8.58. The van der Waals surface area contributed by atoms with Gasteiger partial charge in [-0.2, -0.15) is 5.26 Å². The largest absolute Gasteiger partial charge is 0.351 e. The van der Waals surface area contributed by atoms with Crippen LogP contribution in [-0.4, -0.2) is 29.4 Å². The van der Waals surface area contributed by atoms with Crippen molar-refractivity contribution in [3.63, 3.8) is 0 Å². The van der Waals surface area contributed by atoms with E-state index in [9.17, 15) is 0 Å². The Balaban J connectivity index is 2.56. The predicted molar refractivity (Wildman–Crippen MR) is 65.7 cm³/mol. The summed E-state index contributed by atoms with van der Waals surface area (Å²) in [7, 11) is 2.05. The van der Waals surface area contributed by atoms with Crippen molar-refractivity contribution in [3.8, 4) is 6.19 Å². The summed E-state index contributed by atoms with van der Waals surface area (Å²) in [6.07, 6.45) is 8.88. The molecule has 84 valence electrons. The van der Waals surface area contributed by atoms with Crippen molar-refractivity contribution in [1.29, 1.82) is 5.26 Å². The molecule has 0 bridgehead atoms. The zero-order chi connectivity index (χ0) is 11.3. The second-order valence-electron chi connectivity index (χ2n) is 4.22. The molecule has 0 heterocycles. The highest BCUT2D eigenvalue weighted by atomic mass is 32.2. The van der Waals surface area contributed by atoms with Gasteiger partial charge in [0.2, 0.25) is 6.19 Å². The topological polar surface area (TPSA) is 39.4 Å². The second kappa shape index (κ2) is 6.02. The van der Waals surface area contributed by atoms with E-state index in [-0.39, 0.29) is 0 Å². The van der Waals surface area contributed by atoms with Crippen LogP contribution in [0, 0.1) is 17.4 Å². The summed E-state index contributed by atoms with van der Waals surface area (Å²) in [5.74, 6) is 0.861. The highest BCUT2D eigenvalue weighted by Crippen LogP contribution is 2.27. The van der Waals surface area contributed by atoms with Gasteiger partial charge < -0.3 is 4.90 Å². The van der Waals surface area contributed by atoms with E-state index in [0.717, 1.165) is 11.1 Å². The van der Waals surface area contributed by atoms with Gasteiger partial charge in [-0.1, -0.05) is 18.7 Å². The van der Waals surface area contributed by atoms with Crippen molar-refractivity contribution in [3.05, 3.63) is 0 Å². The summed E-state index contributed by atoms with van der Waals surface area (Å²) in [6, 6.07) is 0.570. The molecule has 1 saturated carbocycles. The fourth-order valence-electron chi connectivity index (χ4n) is 2.10. The number of hydrogen-bond donors (Lipinski definition) is 0. The smallest absolute Gasteiger partial charge is 0.208 e. The lowest BCUT2D eigenvalue weighted by molar-refractivity contribution is 0.242. The van der Waals surface area contributed by atoms with Gasteiger partial charge in [-0.15, -0.1) is 4.99 Å². The van der Waals surface area contributed by atoms with E-state index < -0.39 is 0 Å². The number of hydrogen-bond acceptors (Lipinski definition) is 3. The van der Waals surface area contributed by atoms with E-state index >= 15 is 0 Å². The molecule has 1 aliphatic carbocycles. The van der Waals surface area contributed by atoms with E-state index in [1.807, 2.05) is 19.5 Å². The molecule has 0 aromatic heterocycles. The quantitative estimate of drug-likeness (QED) is 0.391. The lowest BCUT2D eigenvalue weighted by Crippen LogP contribution is -2.37. The molecule has 0 atom stereocenters. The minimum Gasteiger partial charge on any atom is -0.351 e. The maximum Gasteiger partial charge on any atom is 0.208 e. The van der Waals surface area contributed by atoms with Crippen molar-refractivity contribution in [1.82, 2.24) is 4.90 Å². The van der Waals surface area contributed by atoms with Crippen molar-refractivity contribution in [2.75, 3.05) is 13.3 Å². The first-order valence-corrected chi connectivity index (χ1v) is 6.65. The summed E-state index contributed by atoms with van der Waals surface area (Å²) < 4.78 is 0. The zero-order valence-electron chi connectivity index (χ0n) is 9.73. The molecule has 0 amide bonds.